The van der Waals surface area contributed by atoms with E-state index >= 15 is 0 Å². The molecule has 0 saturated carbocycles. The van der Waals surface area contributed by atoms with Gasteiger partial charge in [-0.3, -0.25) is 0 Å². The molecule has 2 heteroatoms. The van der Waals surface area contributed by atoms with Crippen LogP contribution in [0, 0.1) is 20.8 Å². The summed E-state index contributed by atoms with van der Waals surface area (Å²) in [6.45, 7) is 6.36. The minimum absolute atomic E-state index is 1.10. The summed E-state index contributed by atoms with van der Waals surface area (Å²) in [4.78, 5) is 4.56. The second-order valence-corrected chi connectivity index (χ2v) is 5.95. The molecule has 0 aliphatic rings. The average molecular weight is 253 g/mol. The first-order valence-electron chi connectivity index (χ1n) is 6.08. The van der Waals surface area contributed by atoms with E-state index in [2.05, 4.69) is 62.2 Å². The van der Waals surface area contributed by atoms with Crippen LogP contribution in [0.2, 0.25) is 0 Å². The van der Waals surface area contributed by atoms with Gasteiger partial charge < -0.3 is 0 Å². The van der Waals surface area contributed by atoms with E-state index in [0.29, 0.717) is 0 Å². The lowest BCUT2D eigenvalue weighted by Crippen LogP contribution is -1.83. The van der Waals surface area contributed by atoms with E-state index in [-0.39, 0.29) is 0 Å². The number of nitrogens with zero attached hydrogens (tertiary/aromatic N) is 1. The van der Waals surface area contributed by atoms with Crippen molar-refractivity contribution in [2.24, 2.45) is 0 Å². The van der Waals surface area contributed by atoms with Gasteiger partial charge in [0.1, 0.15) is 0 Å². The van der Waals surface area contributed by atoms with Crippen LogP contribution < -0.4 is 0 Å². The Kier molecular flexibility index (Phi) is 2.67. The quantitative estimate of drug-likeness (QED) is 0.601. The van der Waals surface area contributed by atoms with Crippen LogP contribution in [-0.4, -0.2) is 4.98 Å². The van der Waals surface area contributed by atoms with Crippen molar-refractivity contribution in [3.63, 3.8) is 0 Å². The first-order chi connectivity index (χ1) is 8.63. The predicted molar refractivity (Wildman–Crippen MR) is 79.3 cm³/mol. The Morgan fingerprint density at radius 2 is 1.56 bits per heavy atom. The lowest BCUT2D eigenvalue weighted by Gasteiger charge is -2.05. The predicted octanol–water partition coefficient (Wildman–Crippen LogP) is 4.89. The third kappa shape index (κ3) is 1.93. The van der Waals surface area contributed by atoms with Crippen molar-refractivity contribution >= 4 is 21.6 Å². The fraction of sp³-hybridized carbons (Fsp3) is 0.188. The summed E-state index contributed by atoms with van der Waals surface area (Å²) < 4.78 is 1.26. The van der Waals surface area contributed by atoms with Crippen molar-refractivity contribution in [1.29, 1.82) is 0 Å². The first kappa shape index (κ1) is 11.4. The molecule has 0 spiro atoms. The van der Waals surface area contributed by atoms with Crippen LogP contribution in [-0.2, 0) is 0 Å². The summed E-state index contributed by atoms with van der Waals surface area (Å²) in [6, 6.07) is 13.1. The SMILES string of the molecule is Cc1nc2cc(-c3ccc(C)c(C)c3)ccc2s1. The zero-order chi connectivity index (χ0) is 12.7. The molecule has 2 aromatic carbocycles. The molecule has 90 valence electrons. The summed E-state index contributed by atoms with van der Waals surface area (Å²) in [7, 11) is 0. The van der Waals surface area contributed by atoms with Crippen LogP contribution in [0.5, 0.6) is 0 Å². The fourth-order valence-electron chi connectivity index (χ4n) is 2.14. The molecule has 1 nitrogen and oxygen atoms in total. The minimum atomic E-state index is 1.10. The number of fused-ring (bicyclic) bond motifs is 1. The van der Waals surface area contributed by atoms with Crippen molar-refractivity contribution in [2.45, 2.75) is 20.8 Å². The van der Waals surface area contributed by atoms with Crippen LogP contribution in [0.4, 0.5) is 0 Å². The van der Waals surface area contributed by atoms with E-state index in [1.807, 2.05) is 0 Å². The van der Waals surface area contributed by atoms with Gasteiger partial charge in [0.15, 0.2) is 0 Å². The Labute approximate surface area is 111 Å². The lowest BCUT2D eigenvalue weighted by molar-refractivity contribution is 1.34. The Balaban J connectivity index is 2.15. The molecule has 1 heterocycles. The summed E-state index contributed by atoms with van der Waals surface area (Å²) in [6.07, 6.45) is 0. The van der Waals surface area contributed by atoms with Gasteiger partial charge in [-0.1, -0.05) is 24.3 Å². The van der Waals surface area contributed by atoms with Crippen LogP contribution >= 0.6 is 11.3 Å². The third-order valence-electron chi connectivity index (χ3n) is 3.33. The van der Waals surface area contributed by atoms with Crippen molar-refractivity contribution in [2.75, 3.05) is 0 Å². The van der Waals surface area contributed by atoms with Crippen molar-refractivity contribution < 1.29 is 0 Å². The maximum Gasteiger partial charge on any atom is 0.0907 e. The third-order valence-corrected chi connectivity index (χ3v) is 4.29. The minimum Gasteiger partial charge on any atom is -0.241 e. The molecule has 0 aliphatic heterocycles. The van der Waals surface area contributed by atoms with E-state index in [4.69, 9.17) is 0 Å². The molecule has 3 rings (SSSR count). The molecule has 0 fully saturated rings. The molecular formula is C16H15NS. The van der Waals surface area contributed by atoms with Gasteiger partial charge in [0.05, 0.1) is 15.2 Å². The van der Waals surface area contributed by atoms with Gasteiger partial charge in [-0.15, -0.1) is 11.3 Å². The van der Waals surface area contributed by atoms with Crippen molar-refractivity contribution in [3.05, 3.63) is 52.5 Å². The molecule has 3 aromatic rings. The van der Waals surface area contributed by atoms with Crippen LogP contribution in [0.15, 0.2) is 36.4 Å². The Bertz CT molecular complexity index is 725. The molecule has 0 unspecified atom stereocenters. The number of aryl methyl sites for hydroxylation is 3. The zero-order valence-electron chi connectivity index (χ0n) is 10.8. The topological polar surface area (TPSA) is 12.9 Å². The van der Waals surface area contributed by atoms with Gasteiger partial charge in [-0.2, -0.15) is 0 Å². The highest BCUT2D eigenvalue weighted by molar-refractivity contribution is 7.18. The number of thiazole rings is 1. The summed E-state index contributed by atoms with van der Waals surface area (Å²) in [5.41, 5.74) is 6.29. The zero-order valence-corrected chi connectivity index (χ0v) is 11.6. The highest BCUT2D eigenvalue weighted by Gasteiger charge is 2.04. The maximum absolute atomic E-state index is 4.56. The van der Waals surface area contributed by atoms with Crippen LogP contribution in [0.25, 0.3) is 21.3 Å². The number of rotatable bonds is 1. The molecular weight excluding hydrogens is 238 g/mol. The molecule has 0 amide bonds. The molecule has 0 saturated heterocycles. The second kappa shape index (κ2) is 4.21. The summed E-state index contributed by atoms with van der Waals surface area (Å²) in [5, 5.41) is 1.13. The molecule has 0 N–H and O–H groups in total. The molecule has 0 atom stereocenters. The molecule has 0 radical (unpaired) electrons. The van der Waals surface area contributed by atoms with Gasteiger partial charge in [-0.25, -0.2) is 4.98 Å². The lowest BCUT2D eigenvalue weighted by atomic mass is 10.0. The van der Waals surface area contributed by atoms with Crippen molar-refractivity contribution in [3.8, 4) is 11.1 Å². The summed E-state index contributed by atoms with van der Waals surface area (Å²) >= 11 is 1.75. The standard InChI is InChI=1S/C16H15NS/c1-10-4-5-13(8-11(10)2)14-6-7-16-15(9-14)17-12(3)18-16/h4-9H,1-3H3. The Morgan fingerprint density at radius 1 is 0.833 bits per heavy atom. The van der Waals surface area contributed by atoms with Gasteiger partial charge >= 0.3 is 0 Å². The van der Waals surface area contributed by atoms with Gasteiger partial charge in [0.25, 0.3) is 0 Å². The van der Waals surface area contributed by atoms with Crippen LogP contribution in [0.3, 0.4) is 0 Å². The fourth-order valence-corrected chi connectivity index (χ4v) is 2.95. The monoisotopic (exact) mass is 253 g/mol. The Hall–Kier alpha value is -1.67. The van der Waals surface area contributed by atoms with E-state index in [9.17, 15) is 0 Å². The second-order valence-electron chi connectivity index (χ2n) is 4.71. The average Bonchev–Trinajstić information content (AvgIpc) is 2.71. The van der Waals surface area contributed by atoms with Gasteiger partial charge in [0, 0.05) is 0 Å². The normalized spacial score (nSPS) is 11.1. The number of hydrogen-bond acceptors (Lipinski definition) is 2. The van der Waals surface area contributed by atoms with E-state index in [1.165, 1.54) is 27.0 Å². The molecule has 18 heavy (non-hydrogen) atoms. The van der Waals surface area contributed by atoms with E-state index in [1.54, 1.807) is 11.3 Å². The Morgan fingerprint density at radius 3 is 2.33 bits per heavy atom. The molecule has 1 aromatic heterocycles. The maximum atomic E-state index is 4.56. The van der Waals surface area contributed by atoms with Crippen molar-refractivity contribution in [1.82, 2.24) is 4.98 Å². The highest BCUT2D eigenvalue weighted by Crippen LogP contribution is 2.28. The number of benzene rings is 2. The number of aromatic nitrogens is 1. The van der Waals surface area contributed by atoms with E-state index < -0.39 is 0 Å². The van der Waals surface area contributed by atoms with Gasteiger partial charge in [0.2, 0.25) is 0 Å². The smallest absolute Gasteiger partial charge is 0.0907 e. The molecule has 0 bridgehead atoms. The largest absolute Gasteiger partial charge is 0.241 e. The first-order valence-corrected chi connectivity index (χ1v) is 6.90. The van der Waals surface area contributed by atoms with E-state index in [0.717, 1.165) is 10.5 Å². The highest BCUT2D eigenvalue weighted by atomic mass is 32.1. The molecule has 0 aliphatic carbocycles. The van der Waals surface area contributed by atoms with Crippen LogP contribution in [0.1, 0.15) is 16.1 Å². The van der Waals surface area contributed by atoms with Gasteiger partial charge in [-0.05, 0) is 55.2 Å². The summed E-state index contributed by atoms with van der Waals surface area (Å²) in [5.74, 6) is 0. The number of hydrogen-bond donors (Lipinski definition) is 0.